The molecular formula is C7H12N4O3. The number of carbonyl (C=O) groups excluding carboxylic acids is 1. The van der Waals surface area contributed by atoms with Crippen molar-refractivity contribution in [2.75, 3.05) is 18.9 Å². The molecule has 1 aromatic heterocycles. The van der Waals surface area contributed by atoms with Crippen LogP contribution >= 0.6 is 0 Å². The van der Waals surface area contributed by atoms with E-state index in [4.69, 9.17) is 21.3 Å². The molecule has 0 aliphatic carbocycles. The summed E-state index contributed by atoms with van der Waals surface area (Å²) in [6.07, 6.45) is 0.455. The fourth-order valence-electron chi connectivity index (χ4n) is 0.920. The van der Waals surface area contributed by atoms with Gasteiger partial charge in [0.05, 0.1) is 6.61 Å². The Balaban J connectivity index is 2.71. The highest BCUT2D eigenvalue weighted by molar-refractivity contribution is 5.99. The molecule has 1 amide bonds. The van der Waals surface area contributed by atoms with E-state index in [0.29, 0.717) is 6.42 Å². The number of primary amides is 1. The number of aromatic amines is 1. The minimum atomic E-state index is -0.699. The number of carbonyl (C=O) groups is 1. The van der Waals surface area contributed by atoms with Crippen molar-refractivity contribution in [1.29, 1.82) is 0 Å². The monoisotopic (exact) mass is 200 g/mol. The smallest absolute Gasteiger partial charge is 0.258 e. The van der Waals surface area contributed by atoms with Crippen LogP contribution < -0.4 is 16.2 Å². The zero-order chi connectivity index (χ0) is 10.6. The third kappa shape index (κ3) is 2.13. The Bertz CT molecular complexity index is 323. The van der Waals surface area contributed by atoms with E-state index in [1.54, 1.807) is 0 Å². The molecule has 14 heavy (non-hydrogen) atoms. The van der Waals surface area contributed by atoms with Crippen molar-refractivity contribution in [2.24, 2.45) is 5.73 Å². The number of hydrogen-bond acceptors (Lipinski definition) is 5. The molecule has 0 fully saturated rings. The largest absolute Gasteiger partial charge is 0.477 e. The summed E-state index contributed by atoms with van der Waals surface area (Å²) in [6, 6.07) is 0. The van der Waals surface area contributed by atoms with Gasteiger partial charge >= 0.3 is 0 Å². The highest BCUT2D eigenvalue weighted by atomic mass is 16.5. The van der Waals surface area contributed by atoms with Gasteiger partial charge in [-0.3, -0.25) is 4.79 Å². The Labute approximate surface area is 80.0 Å². The number of amides is 1. The molecule has 78 valence electrons. The van der Waals surface area contributed by atoms with E-state index in [1.165, 1.54) is 0 Å². The Morgan fingerprint density at radius 3 is 2.93 bits per heavy atom. The van der Waals surface area contributed by atoms with E-state index < -0.39 is 5.91 Å². The molecule has 0 saturated heterocycles. The van der Waals surface area contributed by atoms with Gasteiger partial charge in [0.15, 0.2) is 5.82 Å². The van der Waals surface area contributed by atoms with Crippen LogP contribution in [0, 0.1) is 0 Å². The summed E-state index contributed by atoms with van der Waals surface area (Å²) in [5.74, 6) is -0.546. The van der Waals surface area contributed by atoms with Crippen molar-refractivity contribution in [1.82, 2.24) is 10.2 Å². The molecule has 1 aromatic rings. The van der Waals surface area contributed by atoms with Crippen LogP contribution in [0.25, 0.3) is 0 Å². The van der Waals surface area contributed by atoms with Gasteiger partial charge in [-0.2, -0.15) is 5.10 Å². The van der Waals surface area contributed by atoms with Crippen LogP contribution in [0.3, 0.4) is 0 Å². The molecule has 1 rings (SSSR count). The van der Waals surface area contributed by atoms with Gasteiger partial charge < -0.3 is 21.3 Å². The van der Waals surface area contributed by atoms with E-state index in [-0.39, 0.29) is 30.5 Å². The molecule has 7 nitrogen and oxygen atoms in total. The normalized spacial score (nSPS) is 10.1. The highest BCUT2D eigenvalue weighted by Crippen LogP contribution is 2.19. The summed E-state index contributed by atoms with van der Waals surface area (Å²) in [5, 5.41) is 14.5. The molecular weight excluding hydrogens is 188 g/mol. The first-order valence-electron chi connectivity index (χ1n) is 4.04. The van der Waals surface area contributed by atoms with Gasteiger partial charge in [0.2, 0.25) is 5.88 Å². The second kappa shape index (κ2) is 4.47. The van der Waals surface area contributed by atoms with Gasteiger partial charge in [0.1, 0.15) is 5.56 Å². The van der Waals surface area contributed by atoms with Gasteiger partial charge in [-0.1, -0.05) is 0 Å². The van der Waals surface area contributed by atoms with Crippen LogP contribution in [0.4, 0.5) is 5.82 Å². The first-order valence-corrected chi connectivity index (χ1v) is 4.04. The summed E-state index contributed by atoms with van der Waals surface area (Å²) in [5.41, 5.74) is 10.5. The number of nitrogens with one attached hydrogen (secondary N) is 1. The third-order valence-electron chi connectivity index (χ3n) is 1.56. The number of hydrogen-bond donors (Lipinski definition) is 4. The number of rotatable bonds is 5. The minimum Gasteiger partial charge on any atom is -0.477 e. The maximum Gasteiger partial charge on any atom is 0.258 e. The molecule has 0 aromatic carbocycles. The van der Waals surface area contributed by atoms with Crippen molar-refractivity contribution in [3.05, 3.63) is 5.56 Å². The lowest BCUT2D eigenvalue weighted by Crippen LogP contribution is -2.14. The molecule has 0 bridgehead atoms. The number of aromatic nitrogens is 2. The maximum absolute atomic E-state index is 10.9. The van der Waals surface area contributed by atoms with Crippen LogP contribution in [0.15, 0.2) is 0 Å². The Kier molecular flexibility index (Phi) is 3.29. The number of H-pyrrole nitrogens is 1. The fourth-order valence-corrected chi connectivity index (χ4v) is 0.920. The lowest BCUT2D eigenvalue weighted by atomic mass is 10.3. The first-order chi connectivity index (χ1) is 6.66. The number of anilines is 1. The first kappa shape index (κ1) is 10.3. The van der Waals surface area contributed by atoms with Gasteiger partial charge in [-0.15, -0.1) is 0 Å². The molecule has 1 heterocycles. The fraction of sp³-hybridized carbons (Fsp3) is 0.429. The van der Waals surface area contributed by atoms with E-state index in [1.807, 2.05) is 0 Å². The third-order valence-corrected chi connectivity index (χ3v) is 1.56. The summed E-state index contributed by atoms with van der Waals surface area (Å²) >= 11 is 0. The molecule has 0 atom stereocenters. The Morgan fingerprint density at radius 2 is 2.36 bits per heavy atom. The summed E-state index contributed by atoms with van der Waals surface area (Å²) in [6.45, 7) is 0.272. The molecule has 0 saturated carbocycles. The molecule has 0 aliphatic heterocycles. The van der Waals surface area contributed by atoms with Gasteiger partial charge in [0, 0.05) is 13.0 Å². The summed E-state index contributed by atoms with van der Waals surface area (Å²) in [7, 11) is 0. The van der Waals surface area contributed by atoms with Gasteiger partial charge in [0.25, 0.3) is 5.91 Å². The average molecular weight is 200 g/mol. The molecule has 7 heteroatoms. The van der Waals surface area contributed by atoms with Crippen LogP contribution in [0.2, 0.25) is 0 Å². The predicted molar refractivity (Wildman–Crippen MR) is 48.7 cm³/mol. The standard InChI is InChI=1S/C7H12N4O3/c8-5-4(6(9)13)7(11-10-5)14-3-1-2-12/h12H,1-3H2,(H2,9,13)(H3,8,10,11). The van der Waals surface area contributed by atoms with Crippen molar-refractivity contribution in [2.45, 2.75) is 6.42 Å². The number of nitrogen functional groups attached to an aromatic ring is 1. The topological polar surface area (TPSA) is 127 Å². The van der Waals surface area contributed by atoms with Crippen molar-refractivity contribution < 1.29 is 14.6 Å². The predicted octanol–water partition coefficient (Wildman–Crippen LogP) is -1.15. The lowest BCUT2D eigenvalue weighted by molar-refractivity contribution is 0.0997. The highest BCUT2D eigenvalue weighted by Gasteiger charge is 2.16. The molecule has 0 radical (unpaired) electrons. The van der Waals surface area contributed by atoms with E-state index in [9.17, 15) is 4.79 Å². The number of nitrogens with zero attached hydrogens (tertiary/aromatic N) is 1. The van der Waals surface area contributed by atoms with Gasteiger partial charge in [-0.05, 0) is 0 Å². The molecule has 0 unspecified atom stereocenters. The van der Waals surface area contributed by atoms with Gasteiger partial charge in [-0.25, -0.2) is 5.10 Å². The zero-order valence-corrected chi connectivity index (χ0v) is 7.49. The number of nitrogens with two attached hydrogens (primary N) is 2. The maximum atomic E-state index is 10.9. The van der Waals surface area contributed by atoms with E-state index in [2.05, 4.69) is 10.2 Å². The van der Waals surface area contributed by atoms with Crippen LogP contribution in [-0.2, 0) is 0 Å². The number of ether oxygens (including phenoxy) is 1. The number of aliphatic hydroxyl groups excluding tert-OH is 1. The van der Waals surface area contributed by atoms with E-state index >= 15 is 0 Å². The second-order valence-electron chi connectivity index (χ2n) is 2.60. The molecule has 0 aliphatic rings. The lowest BCUT2D eigenvalue weighted by Gasteiger charge is -2.02. The average Bonchev–Trinajstić information content (AvgIpc) is 2.47. The summed E-state index contributed by atoms with van der Waals surface area (Å²) in [4.78, 5) is 10.9. The van der Waals surface area contributed by atoms with E-state index in [0.717, 1.165) is 0 Å². The number of aliphatic hydroxyl groups is 1. The SMILES string of the molecule is NC(=O)c1c(N)n[nH]c1OCCCO. The van der Waals surface area contributed by atoms with Crippen LogP contribution in [0.1, 0.15) is 16.8 Å². The van der Waals surface area contributed by atoms with Crippen LogP contribution in [-0.4, -0.2) is 34.4 Å². The van der Waals surface area contributed by atoms with Crippen molar-refractivity contribution in [3.63, 3.8) is 0 Å². The zero-order valence-electron chi connectivity index (χ0n) is 7.49. The molecule has 6 N–H and O–H groups in total. The van der Waals surface area contributed by atoms with Crippen molar-refractivity contribution >= 4 is 11.7 Å². The summed E-state index contributed by atoms with van der Waals surface area (Å²) < 4.78 is 5.10. The molecule has 0 spiro atoms. The van der Waals surface area contributed by atoms with Crippen LogP contribution in [0.5, 0.6) is 5.88 Å². The second-order valence-corrected chi connectivity index (χ2v) is 2.60. The quantitative estimate of drug-likeness (QED) is 0.446. The minimum absolute atomic E-state index is 0.00945. The Morgan fingerprint density at radius 1 is 1.64 bits per heavy atom. The Hall–Kier alpha value is -1.76. The van der Waals surface area contributed by atoms with Crippen molar-refractivity contribution in [3.8, 4) is 5.88 Å².